The van der Waals surface area contributed by atoms with Crippen molar-refractivity contribution < 1.29 is 14.7 Å². The molecule has 0 radical (unpaired) electrons. The van der Waals surface area contributed by atoms with Crippen molar-refractivity contribution >= 4 is 23.6 Å². The van der Waals surface area contributed by atoms with Gasteiger partial charge in [-0.1, -0.05) is 0 Å². The van der Waals surface area contributed by atoms with Crippen LogP contribution in [0.5, 0.6) is 0 Å². The molecule has 1 aromatic carbocycles. The van der Waals surface area contributed by atoms with Gasteiger partial charge in [0.25, 0.3) is 5.91 Å². The molecule has 2 heterocycles. The van der Waals surface area contributed by atoms with Gasteiger partial charge < -0.3 is 14.6 Å². The first kappa shape index (κ1) is 15.6. The first-order valence-corrected chi connectivity index (χ1v) is 8.49. The fourth-order valence-electron chi connectivity index (χ4n) is 2.65. The van der Waals surface area contributed by atoms with Gasteiger partial charge in [-0.25, -0.2) is 4.98 Å². The topological polar surface area (TPSA) is 75.4 Å². The van der Waals surface area contributed by atoms with E-state index in [2.05, 4.69) is 4.98 Å². The Morgan fingerprint density at radius 1 is 1.30 bits per heavy atom. The molecule has 1 saturated heterocycles. The van der Waals surface area contributed by atoms with Crippen LogP contribution in [0.3, 0.4) is 0 Å². The van der Waals surface area contributed by atoms with Crippen LogP contribution in [-0.4, -0.2) is 55.5 Å². The third-order valence-electron chi connectivity index (χ3n) is 3.82. The number of amides is 1. The minimum atomic E-state index is -0.870. The van der Waals surface area contributed by atoms with Gasteiger partial charge in [0.15, 0.2) is 0 Å². The molecule has 23 heavy (non-hydrogen) atoms. The van der Waals surface area contributed by atoms with Gasteiger partial charge in [0, 0.05) is 41.7 Å². The van der Waals surface area contributed by atoms with E-state index in [0.717, 1.165) is 11.4 Å². The molecule has 7 heteroatoms. The minimum absolute atomic E-state index is 0.00808. The van der Waals surface area contributed by atoms with Crippen LogP contribution in [0.4, 0.5) is 0 Å². The van der Waals surface area contributed by atoms with E-state index in [1.54, 1.807) is 41.3 Å². The predicted molar refractivity (Wildman–Crippen MR) is 88.0 cm³/mol. The van der Waals surface area contributed by atoms with Crippen molar-refractivity contribution in [2.45, 2.75) is 12.5 Å². The number of hydrogen-bond acceptors (Lipinski definition) is 4. The molecule has 1 unspecified atom stereocenters. The smallest absolute Gasteiger partial charge is 0.305 e. The summed E-state index contributed by atoms with van der Waals surface area (Å²) in [6.45, 7) is 0.588. The van der Waals surface area contributed by atoms with Crippen LogP contribution in [-0.2, 0) is 4.79 Å². The number of rotatable bonds is 4. The van der Waals surface area contributed by atoms with Gasteiger partial charge >= 0.3 is 5.97 Å². The highest BCUT2D eigenvalue weighted by Crippen LogP contribution is 2.22. The molecule has 0 saturated carbocycles. The van der Waals surface area contributed by atoms with Gasteiger partial charge in [0.1, 0.15) is 0 Å². The Morgan fingerprint density at radius 3 is 2.74 bits per heavy atom. The number of carbonyl (C=O) groups is 2. The van der Waals surface area contributed by atoms with Gasteiger partial charge in [-0.05, 0) is 24.3 Å². The van der Waals surface area contributed by atoms with Crippen molar-refractivity contribution in [2.24, 2.45) is 0 Å². The largest absolute Gasteiger partial charge is 0.481 e. The molecule has 1 atom stereocenters. The normalized spacial score (nSPS) is 17.9. The third-order valence-corrected chi connectivity index (χ3v) is 4.91. The van der Waals surface area contributed by atoms with E-state index < -0.39 is 5.97 Å². The fourth-order valence-corrected chi connectivity index (χ4v) is 3.71. The van der Waals surface area contributed by atoms with Crippen molar-refractivity contribution in [3.05, 3.63) is 48.5 Å². The quantitative estimate of drug-likeness (QED) is 0.926. The number of imidazole rings is 1. The first-order valence-electron chi connectivity index (χ1n) is 7.34. The number of carboxylic acid groups (broad SMARTS) is 1. The van der Waals surface area contributed by atoms with Gasteiger partial charge in [0.05, 0.1) is 18.8 Å². The molecule has 1 amide bonds. The van der Waals surface area contributed by atoms with Crippen LogP contribution in [0.1, 0.15) is 16.8 Å². The van der Waals surface area contributed by atoms with Crippen LogP contribution in [0, 0.1) is 0 Å². The molecule has 2 aromatic rings. The number of thioether (sulfide) groups is 1. The summed E-state index contributed by atoms with van der Waals surface area (Å²) in [7, 11) is 0. The predicted octanol–water partition coefficient (Wildman–Crippen LogP) is 1.90. The fraction of sp³-hybridized carbons (Fsp3) is 0.312. The van der Waals surface area contributed by atoms with Crippen LogP contribution in [0.15, 0.2) is 43.0 Å². The molecule has 0 aliphatic carbocycles. The lowest BCUT2D eigenvalue weighted by Gasteiger charge is -2.34. The van der Waals surface area contributed by atoms with Crippen LogP contribution in [0.2, 0.25) is 0 Å². The zero-order chi connectivity index (χ0) is 16.2. The van der Waals surface area contributed by atoms with Crippen molar-refractivity contribution in [2.75, 3.05) is 18.1 Å². The lowest BCUT2D eigenvalue weighted by molar-refractivity contribution is -0.138. The molecule has 3 rings (SSSR count). The monoisotopic (exact) mass is 331 g/mol. The highest BCUT2D eigenvalue weighted by Gasteiger charge is 2.29. The second-order valence-corrected chi connectivity index (χ2v) is 6.49. The number of aromatic nitrogens is 2. The van der Waals surface area contributed by atoms with Crippen molar-refractivity contribution in [3.8, 4) is 5.69 Å². The Hall–Kier alpha value is -2.28. The van der Waals surface area contributed by atoms with E-state index in [1.807, 2.05) is 22.9 Å². The minimum Gasteiger partial charge on any atom is -0.481 e. The van der Waals surface area contributed by atoms with Gasteiger partial charge in [-0.2, -0.15) is 11.8 Å². The molecule has 0 spiro atoms. The maximum Gasteiger partial charge on any atom is 0.305 e. The highest BCUT2D eigenvalue weighted by molar-refractivity contribution is 7.99. The van der Waals surface area contributed by atoms with E-state index >= 15 is 0 Å². The third kappa shape index (κ3) is 3.56. The zero-order valence-electron chi connectivity index (χ0n) is 12.5. The number of carboxylic acids is 1. The highest BCUT2D eigenvalue weighted by atomic mass is 32.2. The number of carbonyl (C=O) groups excluding carboxylic acids is 1. The Bertz CT molecular complexity index is 685. The summed E-state index contributed by atoms with van der Waals surface area (Å²) in [5.74, 6) is 0.541. The maximum atomic E-state index is 12.7. The molecule has 1 aliphatic heterocycles. The van der Waals surface area contributed by atoms with Crippen molar-refractivity contribution in [1.29, 1.82) is 0 Å². The van der Waals surface area contributed by atoms with E-state index in [0.29, 0.717) is 17.9 Å². The Kier molecular flexibility index (Phi) is 4.66. The molecule has 6 nitrogen and oxygen atoms in total. The molecule has 1 fully saturated rings. The number of aliphatic carboxylic acids is 1. The Labute approximate surface area is 138 Å². The average Bonchev–Trinajstić information content (AvgIpc) is 3.09. The second-order valence-electron chi connectivity index (χ2n) is 5.34. The number of hydrogen-bond donors (Lipinski definition) is 1. The summed E-state index contributed by atoms with van der Waals surface area (Å²) in [5.41, 5.74) is 1.51. The van der Waals surface area contributed by atoms with E-state index in [1.165, 1.54) is 0 Å². The number of benzene rings is 1. The van der Waals surface area contributed by atoms with Gasteiger partial charge in [-0.3, -0.25) is 9.59 Å². The molecule has 120 valence electrons. The summed E-state index contributed by atoms with van der Waals surface area (Å²) < 4.78 is 1.86. The van der Waals surface area contributed by atoms with Crippen LogP contribution in [0.25, 0.3) is 5.69 Å². The molecule has 1 aromatic heterocycles. The van der Waals surface area contributed by atoms with Gasteiger partial charge in [0.2, 0.25) is 0 Å². The van der Waals surface area contributed by atoms with Crippen LogP contribution < -0.4 is 0 Å². The second kappa shape index (κ2) is 6.87. The summed E-state index contributed by atoms with van der Waals surface area (Å²) in [4.78, 5) is 29.4. The Morgan fingerprint density at radius 2 is 2.09 bits per heavy atom. The Balaban J connectivity index is 1.77. The van der Waals surface area contributed by atoms with E-state index in [9.17, 15) is 9.59 Å². The average molecular weight is 331 g/mol. The molecule has 1 N–H and O–H groups in total. The molecule has 1 aliphatic rings. The zero-order valence-corrected chi connectivity index (χ0v) is 13.3. The molecular weight excluding hydrogens is 314 g/mol. The summed E-state index contributed by atoms with van der Waals surface area (Å²) in [5, 5.41) is 9.02. The summed E-state index contributed by atoms with van der Waals surface area (Å²) in [6.07, 6.45) is 5.22. The van der Waals surface area contributed by atoms with Gasteiger partial charge in [-0.15, -0.1) is 0 Å². The van der Waals surface area contributed by atoms with Crippen molar-refractivity contribution in [3.63, 3.8) is 0 Å². The van der Waals surface area contributed by atoms with E-state index in [-0.39, 0.29) is 18.4 Å². The summed E-state index contributed by atoms with van der Waals surface area (Å²) >= 11 is 1.69. The SMILES string of the molecule is O=C(O)CC1CSCCN1C(=O)c1ccc(-n2ccnc2)cc1. The van der Waals surface area contributed by atoms with Crippen LogP contribution >= 0.6 is 11.8 Å². The molecule has 0 bridgehead atoms. The lowest BCUT2D eigenvalue weighted by atomic mass is 10.1. The first-order chi connectivity index (χ1) is 11.1. The summed E-state index contributed by atoms with van der Waals surface area (Å²) in [6, 6.07) is 7.03. The number of nitrogens with zero attached hydrogens (tertiary/aromatic N) is 3. The van der Waals surface area contributed by atoms with Crippen molar-refractivity contribution in [1.82, 2.24) is 14.5 Å². The molecular formula is C16H17N3O3S. The standard InChI is InChI=1S/C16H17N3O3S/c20-15(21)9-14-10-23-8-7-19(14)16(22)12-1-3-13(4-2-12)18-6-5-17-11-18/h1-6,11,14H,7-10H2,(H,20,21). The lowest BCUT2D eigenvalue weighted by Crippen LogP contribution is -2.47. The maximum absolute atomic E-state index is 12.7. The van der Waals surface area contributed by atoms with E-state index in [4.69, 9.17) is 5.11 Å².